The maximum Gasteiger partial charge on any atom is 0.147 e. The molecule has 3 heteroatoms. The molecule has 0 N–H and O–H groups in total. The predicted octanol–water partition coefficient (Wildman–Crippen LogP) is 2.34. The topological polar surface area (TPSA) is 18.5 Å². The number of benzene rings is 1. The van der Waals surface area contributed by atoms with Gasteiger partial charge in [0.05, 0.1) is 12.0 Å². The SMILES string of the molecule is Cl[C@H]1COCO[C@@H]1c1ccccc1. The monoisotopic (exact) mass is 198 g/mol. The molecule has 1 aromatic rings. The van der Waals surface area contributed by atoms with E-state index in [1.807, 2.05) is 30.3 Å². The third kappa shape index (κ3) is 2.02. The maximum absolute atomic E-state index is 6.07. The van der Waals surface area contributed by atoms with Gasteiger partial charge in [0.2, 0.25) is 0 Å². The van der Waals surface area contributed by atoms with Crippen molar-refractivity contribution in [3.8, 4) is 0 Å². The van der Waals surface area contributed by atoms with E-state index >= 15 is 0 Å². The molecule has 0 aromatic heterocycles. The van der Waals surface area contributed by atoms with Gasteiger partial charge in [0, 0.05) is 0 Å². The highest BCUT2D eigenvalue weighted by atomic mass is 35.5. The second-order valence-corrected chi connectivity index (χ2v) is 3.56. The zero-order valence-corrected chi connectivity index (χ0v) is 7.91. The molecule has 0 radical (unpaired) electrons. The molecule has 1 heterocycles. The predicted molar refractivity (Wildman–Crippen MR) is 50.7 cm³/mol. The number of halogens is 1. The highest BCUT2D eigenvalue weighted by Gasteiger charge is 2.25. The van der Waals surface area contributed by atoms with E-state index in [0.717, 1.165) is 5.56 Å². The molecule has 1 fully saturated rings. The minimum Gasteiger partial charge on any atom is -0.354 e. The largest absolute Gasteiger partial charge is 0.354 e. The Morgan fingerprint density at radius 3 is 2.69 bits per heavy atom. The molecule has 1 aromatic carbocycles. The first-order valence-electron chi connectivity index (χ1n) is 4.26. The lowest BCUT2D eigenvalue weighted by Gasteiger charge is -2.27. The molecule has 0 aliphatic carbocycles. The number of rotatable bonds is 1. The van der Waals surface area contributed by atoms with Crippen molar-refractivity contribution in [1.29, 1.82) is 0 Å². The molecule has 1 aliphatic rings. The van der Waals surface area contributed by atoms with Gasteiger partial charge in [0.25, 0.3) is 0 Å². The Morgan fingerprint density at radius 2 is 2.00 bits per heavy atom. The Bertz CT molecular complexity index is 263. The van der Waals surface area contributed by atoms with Crippen LogP contribution in [0, 0.1) is 0 Å². The van der Waals surface area contributed by atoms with E-state index in [0.29, 0.717) is 13.4 Å². The second kappa shape index (κ2) is 4.09. The van der Waals surface area contributed by atoms with Crippen LogP contribution in [0.2, 0.25) is 0 Å². The quantitative estimate of drug-likeness (QED) is 0.645. The van der Waals surface area contributed by atoms with Crippen LogP contribution in [-0.4, -0.2) is 18.8 Å². The van der Waals surface area contributed by atoms with Gasteiger partial charge in [-0.2, -0.15) is 0 Å². The van der Waals surface area contributed by atoms with Crippen molar-refractivity contribution in [2.75, 3.05) is 13.4 Å². The average Bonchev–Trinajstić information content (AvgIpc) is 2.20. The Labute approximate surface area is 82.4 Å². The van der Waals surface area contributed by atoms with E-state index in [2.05, 4.69) is 0 Å². The van der Waals surface area contributed by atoms with Gasteiger partial charge in [-0.15, -0.1) is 11.6 Å². The zero-order chi connectivity index (χ0) is 9.10. The molecule has 1 aliphatic heterocycles. The van der Waals surface area contributed by atoms with Gasteiger partial charge in [-0.25, -0.2) is 0 Å². The van der Waals surface area contributed by atoms with Crippen LogP contribution in [0.5, 0.6) is 0 Å². The summed E-state index contributed by atoms with van der Waals surface area (Å²) in [7, 11) is 0. The van der Waals surface area contributed by atoms with Crippen molar-refractivity contribution in [1.82, 2.24) is 0 Å². The fourth-order valence-corrected chi connectivity index (χ4v) is 1.73. The van der Waals surface area contributed by atoms with Gasteiger partial charge in [-0.3, -0.25) is 0 Å². The van der Waals surface area contributed by atoms with Crippen LogP contribution in [0.3, 0.4) is 0 Å². The Balaban J connectivity index is 2.15. The lowest BCUT2D eigenvalue weighted by Crippen LogP contribution is -2.28. The number of hydrogen-bond acceptors (Lipinski definition) is 2. The molecule has 0 unspecified atom stereocenters. The molecule has 0 amide bonds. The standard InChI is InChI=1S/C10H11ClO2/c11-9-6-12-7-13-10(9)8-4-2-1-3-5-8/h1-5,9-10H,6-7H2/t9-,10+/m0/s1. The average molecular weight is 199 g/mol. The van der Waals surface area contributed by atoms with Crippen molar-refractivity contribution >= 4 is 11.6 Å². The van der Waals surface area contributed by atoms with Crippen LogP contribution in [0.1, 0.15) is 11.7 Å². The van der Waals surface area contributed by atoms with E-state index in [4.69, 9.17) is 21.1 Å². The van der Waals surface area contributed by atoms with Crippen molar-refractivity contribution < 1.29 is 9.47 Å². The summed E-state index contributed by atoms with van der Waals surface area (Å²) in [5, 5.41) is -0.0869. The molecule has 1 saturated heterocycles. The smallest absolute Gasteiger partial charge is 0.147 e. The fraction of sp³-hybridized carbons (Fsp3) is 0.400. The van der Waals surface area contributed by atoms with E-state index < -0.39 is 0 Å². The Hall–Kier alpha value is -0.570. The third-order valence-corrected chi connectivity index (χ3v) is 2.42. The van der Waals surface area contributed by atoms with Gasteiger partial charge >= 0.3 is 0 Å². The summed E-state index contributed by atoms with van der Waals surface area (Å²) in [6.07, 6.45) is -0.0309. The van der Waals surface area contributed by atoms with E-state index in [1.54, 1.807) is 0 Å². The van der Waals surface area contributed by atoms with Crippen LogP contribution < -0.4 is 0 Å². The molecular weight excluding hydrogens is 188 g/mol. The summed E-state index contributed by atoms with van der Waals surface area (Å²) in [6.45, 7) is 0.893. The summed E-state index contributed by atoms with van der Waals surface area (Å²) < 4.78 is 10.5. The molecule has 2 nitrogen and oxygen atoms in total. The first-order chi connectivity index (χ1) is 6.38. The van der Waals surface area contributed by atoms with Crippen LogP contribution in [0.4, 0.5) is 0 Å². The van der Waals surface area contributed by atoms with Crippen molar-refractivity contribution in [3.05, 3.63) is 35.9 Å². The summed E-state index contributed by atoms with van der Waals surface area (Å²) >= 11 is 6.07. The zero-order valence-electron chi connectivity index (χ0n) is 7.15. The highest BCUT2D eigenvalue weighted by molar-refractivity contribution is 6.21. The lowest BCUT2D eigenvalue weighted by molar-refractivity contribution is -0.138. The highest BCUT2D eigenvalue weighted by Crippen LogP contribution is 2.28. The minimum atomic E-state index is -0.0869. The van der Waals surface area contributed by atoms with Gasteiger partial charge in [0.1, 0.15) is 12.9 Å². The first-order valence-corrected chi connectivity index (χ1v) is 4.70. The molecule has 0 spiro atoms. The van der Waals surface area contributed by atoms with Gasteiger partial charge in [-0.1, -0.05) is 30.3 Å². The Morgan fingerprint density at radius 1 is 1.23 bits per heavy atom. The van der Waals surface area contributed by atoms with Crippen molar-refractivity contribution in [2.45, 2.75) is 11.5 Å². The fourth-order valence-electron chi connectivity index (χ4n) is 1.42. The van der Waals surface area contributed by atoms with Crippen LogP contribution >= 0.6 is 11.6 Å². The molecule has 70 valence electrons. The number of hydrogen-bond donors (Lipinski definition) is 0. The molecule has 2 atom stereocenters. The van der Waals surface area contributed by atoms with Crippen molar-refractivity contribution in [2.24, 2.45) is 0 Å². The van der Waals surface area contributed by atoms with Crippen LogP contribution in [-0.2, 0) is 9.47 Å². The van der Waals surface area contributed by atoms with E-state index in [9.17, 15) is 0 Å². The van der Waals surface area contributed by atoms with E-state index in [-0.39, 0.29) is 11.5 Å². The third-order valence-electron chi connectivity index (χ3n) is 2.06. The Kier molecular flexibility index (Phi) is 2.83. The van der Waals surface area contributed by atoms with Crippen molar-refractivity contribution in [3.63, 3.8) is 0 Å². The minimum absolute atomic E-state index is 0.0309. The summed E-state index contributed by atoms with van der Waals surface area (Å²) in [5.41, 5.74) is 1.12. The maximum atomic E-state index is 6.07. The molecule has 0 saturated carbocycles. The molecule has 2 rings (SSSR count). The van der Waals surface area contributed by atoms with Gasteiger partial charge < -0.3 is 9.47 Å². The van der Waals surface area contributed by atoms with Crippen LogP contribution in [0.15, 0.2) is 30.3 Å². The summed E-state index contributed by atoms with van der Waals surface area (Å²) in [4.78, 5) is 0. The molecule has 13 heavy (non-hydrogen) atoms. The lowest BCUT2D eigenvalue weighted by atomic mass is 10.1. The van der Waals surface area contributed by atoms with E-state index in [1.165, 1.54) is 0 Å². The number of ether oxygens (including phenoxy) is 2. The molecular formula is C10H11ClO2. The van der Waals surface area contributed by atoms with Gasteiger partial charge in [-0.05, 0) is 5.56 Å². The summed E-state index contributed by atoms with van der Waals surface area (Å²) in [5.74, 6) is 0. The molecule has 0 bridgehead atoms. The second-order valence-electron chi connectivity index (χ2n) is 3.00. The summed E-state index contributed by atoms with van der Waals surface area (Å²) in [6, 6.07) is 9.98. The van der Waals surface area contributed by atoms with Crippen LogP contribution in [0.25, 0.3) is 0 Å². The first kappa shape index (κ1) is 9.00. The normalized spacial score (nSPS) is 28.7. The van der Waals surface area contributed by atoms with Gasteiger partial charge in [0.15, 0.2) is 0 Å². The number of alkyl halides is 1.